The standard InChI is InChI=1S/C27H26ClN2O/c1-29(2)24-14-15-26-22(18-24)11-13-23(30(26)3)12-9-20-10-16-27(25(28)17-20)31-19-21-7-5-4-6-8-21/h4-18H,19H2,1-3H3/q+1/b12-9+. The molecule has 1 heterocycles. The quantitative estimate of drug-likeness (QED) is 0.342. The molecule has 1 aromatic heterocycles. The van der Waals surface area contributed by atoms with E-state index in [1.165, 1.54) is 16.6 Å². The molecule has 31 heavy (non-hydrogen) atoms. The van der Waals surface area contributed by atoms with Gasteiger partial charge in [-0.25, -0.2) is 0 Å². The molecule has 3 nitrogen and oxygen atoms in total. The van der Waals surface area contributed by atoms with Gasteiger partial charge in [0.25, 0.3) is 0 Å². The summed E-state index contributed by atoms with van der Waals surface area (Å²) < 4.78 is 8.07. The molecule has 0 saturated carbocycles. The van der Waals surface area contributed by atoms with E-state index in [0.717, 1.165) is 16.8 Å². The van der Waals surface area contributed by atoms with Gasteiger partial charge in [-0.05, 0) is 47.5 Å². The highest BCUT2D eigenvalue weighted by molar-refractivity contribution is 6.32. The summed E-state index contributed by atoms with van der Waals surface area (Å²) >= 11 is 6.46. The molecule has 0 radical (unpaired) electrons. The molecule has 0 fully saturated rings. The Labute approximate surface area is 188 Å². The fourth-order valence-electron chi connectivity index (χ4n) is 3.51. The number of aryl methyl sites for hydroxylation is 1. The van der Waals surface area contributed by atoms with Crippen molar-refractivity contribution in [1.82, 2.24) is 0 Å². The molecule has 4 heteroatoms. The van der Waals surface area contributed by atoms with Gasteiger partial charge < -0.3 is 9.64 Å². The molecule has 0 atom stereocenters. The van der Waals surface area contributed by atoms with Crippen molar-refractivity contribution >= 4 is 40.3 Å². The van der Waals surface area contributed by atoms with Gasteiger partial charge in [-0.1, -0.05) is 48.0 Å². The number of halogens is 1. The summed E-state index contributed by atoms with van der Waals surface area (Å²) in [6.45, 7) is 0.498. The average Bonchev–Trinajstić information content (AvgIpc) is 2.78. The molecule has 0 bridgehead atoms. The zero-order valence-corrected chi connectivity index (χ0v) is 18.8. The third-order valence-corrected chi connectivity index (χ3v) is 5.64. The molecular formula is C27H26ClN2O+. The maximum absolute atomic E-state index is 6.46. The molecule has 0 saturated heterocycles. The Bertz CT molecular complexity index is 1230. The van der Waals surface area contributed by atoms with Crippen LogP contribution in [0.2, 0.25) is 5.02 Å². The van der Waals surface area contributed by atoms with Crippen molar-refractivity contribution in [3.8, 4) is 5.75 Å². The van der Waals surface area contributed by atoms with Gasteiger partial charge in [0.15, 0.2) is 0 Å². The van der Waals surface area contributed by atoms with Crippen LogP contribution in [0.3, 0.4) is 0 Å². The fourth-order valence-corrected chi connectivity index (χ4v) is 3.75. The Morgan fingerprint density at radius 1 is 0.903 bits per heavy atom. The largest absolute Gasteiger partial charge is 0.487 e. The molecular weight excluding hydrogens is 404 g/mol. The molecule has 0 unspecified atom stereocenters. The van der Waals surface area contributed by atoms with Gasteiger partial charge in [-0.15, -0.1) is 0 Å². The van der Waals surface area contributed by atoms with Crippen LogP contribution in [0.4, 0.5) is 5.69 Å². The molecule has 0 N–H and O–H groups in total. The van der Waals surface area contributed by atoms with Crippen molar-refractivity contribution in [2.45, 2.75) is 6.61 Å². The highest BCUT2D eigenvalue weighted by Crippen LogP contribution is 2.27. The minimum absolute atomic E-state index is 0.498. The van der Waals surface area contributed by atoms with Crippen LogP contribution in [0, 0.1) is 0 Å². The van der Waals surface area contributed by atoms with E-state index in [4.69, 9.17) is 16.3 Å². The van der Waals surface area contributed by atoms with Gasteiger partial charge in [0.1, 0.15) is 19.4 Å². The van der Waals surface area contributed by atoms with Crippen LogP contribution >= 0.6 is 11.6 Å². The van der Waals surface area contributed by atoms with Crippen molar-refractivity contribution in [2.75, 3.05) is 19.0 Å². The monoisotopic (exact) mass is 429 g/mol. The number of anilines is 1. The summed E-state index contributed by atoms with van der Waals surface area (Å²) in [6, 6.07) is 26.8. The third kappa shape index (κ3) is 4.89. The Hall–Kier alpha value is -3.30. The molecule has 4 aromatic rings. The number of benzene rings is 3. The maximum atomic E-state index is 6.46. The van der Waals surface area contributed by atoms with Crippen molar-refractivity contribution in [3.05, 3.63) is 101 Å². The summed E-state index contributed by atoms with van der Waals surface area (Å²) in [7, 11) is 6.20. The van der Waals surface area contributed by atoms with E-state index < -0.39 is 0 Å². The van der Waals surface area contributed by atoms with Gasteiger partial charge in [0.05, 0.1) is 5.02 Å². The highest BCUT2D eigenvalue weighted by Gasteiger charge is 2.11. The zero-order valence-electron chi connectivity index (χ0n) is 18.0. The van der Waals surface area contributed by atoms with Crippen LogP contribution in [0.15, 0.2) is 78.9 Å². The van der Waals surface area contributed by atoms with E-state index in [1.54, 1.807) is 0 Å². The lowest BCUT2D eigenvalue weighted by atomic mass is 10.1. The van der Waals surface area contributed by atoms with Crippen molar-refractivity contribution in [2.24, 2.45) is 7.05 Å². The van der Waals surface area contributed by atoms with Crippen molar-refractivity contribution in [1.29, 1.82) is 0 Å². The first kappa shape index (κ1) is 21.0. The van der Waals surface area contributed by atoms with Crippen LogP contribution in [-0.4, -0.2) is 14.1 Å². The molecule has 156 valence electrons. The lowest BCUT2D eigenvalue weighted by Gasteiger charge is -2.12. The number of aromatic nitrogens is 1. The first-order chi connectivity index (χ1) is 15.0. The molecule has 0 aliphatic heterocycles. The summed E-state index contributed by atoms with van der Waals surface area (Å²) in [5, 5.41) is 1.82. The highest BCUT2D eigenvalue weighted by atomic mass is 35.5. The molecule has 0 aliphatic rings. The fraction of sp³-hybridized carbons (Fsp3) is 0.148. The maximum Gasteiger partial charge on any atom is 0.212 e. The van der Waals surface area contributed by atoms with Crippen LogP contribution < -0.4 is 14.2 Å². The number of hydrogen-bond donors (Lipinski definition) is 0. The molecule has 0 amide bonds. The molecule has 0 aliphatic carbocycles. The van der Waals surface area contributed by atoms with Gasteiger partial charge in [0.2, 0.25) is 11.2 Å². The molecule has 4 rings (SSSR count). The second kappa shape index (κ2) is 9.23. The smallest absolute Gasteiger partial charge is 0.212 e. The lowest BCUT2D eigenvalue weighted by molar-refractivity contribution is -0.646. The number of nitrogens with zero attached hydrogens (tertiary/aromatic N) is 2. The van der Waals surface area contributed by atoms with E-state index in [1.807, 2.05) is 48.5 Å². The summed E-state index contributed by atoms with van der Waals surface area (Å²) in [5.74, 6) is 0.690. The van der Waals surface area contributed by atoms with Crippen molar-refractivity contribution < 1.29 is 9.30 Å². The zero-order chi connectivity index (χ0) is 21.8. The summed E-state index contributed by atoms with van der Waals surface area (Å²) in [5.41, 5.74) is 5.64. The number of ether oxygens (including phenoxy) is 1. The van der Waals surface area contributed by atoms with E-state index in [2.05, 4.69) is 73.1 Å². The number of pyridine rings is 1. The van der Waals surface area contributed by atoms with Gasteiger partial charge in [-0.3, -0.25) is 0 Å². The predicted octanol–water partition coefficient (Wildman–Crippen LogP) is 6.13. The minimum atomic E-state index is 0.498. The third-order valence-electron chi connectivity index (χ3n) is 5.35. The van der Waals surface area contributed by atoms with Crippen LogP contribution in [0.25, 0.3) is 23.1 Å². The van der Waals surface area contributed by atoms with Crippen LogP contribution in [0.5, 0.6) is 5.75 Å². The van der Waals surface area contributed by atoms with Crippen molar-refractivity contribution in [3.63, 3.8) is 0 Å². The van der Waals surface area contributed by atoms with E-state index >= 15 is 0 Å². The Kier molecular flexibility index (Phi) is 6.24. The van der Waals surface area contributed by atoms with Crippen LogP contribution in [0.1, 0.15) is 16.8 Å². The second-order valence-electron chi connectivity index (χ2n) is 7.75. The summed E-state index contributed by atoms with van der Waals surface area (Å²) in [4.78, 5) is 2.12. The van der Waals surface area contributed by atoms with E-state index in [0.29, 0.717) is 17.4 Å². The molecule has 0 spiro atoms. The predicted molar refractivity (Wildman–Crippen MR) is 131 cm³/mol. The first-order valence-corrected chi connectivity index (χ1v) is 10.6. The van der Waals surface area contributed by atoms with Gasteiger partial charge >= 0.3 is 0 Å². The van der Waals surface area contributed by atoms with E-state index in [9.17, 15) is 0 Å². The van der Waals surface area contributed by atoms with Crippen LogP contribution in [-0.2, 0) is 13.7 Å². The average molecular weight is 430 g/mol. The Balaban J connectivity index is 1.51. The molecule has 3 aromatic carbocycles. The number of hydrogen-bond acceptors (Lipinski definition) is 2. The Morgan fingerprint density at radius 3 is 2.45 bits per heavy atom. The Morgan fingerprint density at radius 2 is 1.71 bits per heavy atom. The second-order valence-corrected chi connectivity index (χ2v) is 8.16. The topological polar surface area (TPSA) is 16.4 Å². The van der Waals surface area contributed by atoms with Gasteiger partial charge in [0, 0.05) is 43.4 Å². The van der Waals surface area contributed by atoms with Gasteiger partial charge in [-0.2, -0.15) is 4.57 Å². The normalized spacial score (nSPS) is 11.2. The SMILES string of the molecule is CN(C)c1ccc2c(ccc(/C=C/c3ccc(OCc4ccccc4)c(Cl)c3)[n+]2C)c1. The summed E-state index contributed by atoms with van der Waals surface area (Å²) in [6.07, 6.45) is 4.18. The number of fused-ring (bicyclic) bond motifs is 1. The lowest BCUT2D eigenvalue weighted by Crippen LogP contribution is -2.32. The number of rotatable bonds is 6. The van der Waals surface area contributed by atoms with E-state index in [-0.39, 0.29) is 0 Å². The first-order valence-electron chi connectivity index (χ1n) is 10.3. The minimum Gasteiger partial charge on any atom is -0.487 e.